The number of hydrogen-bond donors (Lipinski definition) is 1. The molecule has 1 N–H and O–H groups in total. The Hall–Kier alpha value is -1.90. The van der Waals surface area contributed by atoms with Gasteiger partial charge in [0.25, 0.3) is 0 Å². The fourth-order valence-electron chi connectivity index (χ4n) is 1.34. The fourth-order valence-corrected chi connectivity index (χ4v) is 1.34. The Kier molecular flexibility index (Phi) is 1.93. The molecule has 0 aliphatic rings. The standard InChI is InChI=1S/C11H9NO2/c1-7(13)8-2-3-11-9(4-8)5-10(14)6-12-11/h2-6,14H,1H3. The molecule has 3 nitrogen and oxygen atoms in total. The first-order chi connectivity index (χ1) is 6.66. The summed E-state index contributed by atoms with van der Waals surface area (Å²) in [6.45, 7) is 1.51. The Labute approximate surface area is 81.0 Å². The molecule has 14 heavy (non-hydrogen) atoms. The summed E-state index contributed by atoms with van der Waals surface area (Å²) in [5.74, 6) is 0.119. The van der Waals surface area contributed by atoms with Crippen LogP contribution in [0.4, 0.5) is 0 Å². The van der Waals surface area contributed by atoms with Gasteiger partial charge in [-0.1, -0.05) is 0 Å². The Morgan fingerprint density at radius 1 is 1.36 bits per heavy atom. The third-order valence-electron chi connectivity index (χ3n) is 2.07. The highest BCUT2D eigenvalue weighted by Gasteiger charge is 2.01. The smallest absolute Gasteiger partial charge is 0.159 e. The summed E-state index contributed by atoms with van der Waals surface area (Å²) < 4.78 is 0. The van der Waals surface area contributed by atoms with Crippen molar-refractivity contribution < 1.29 is 9.90 Å². The molecule has 0 aliphatic heterocycles. The van der Waals surface area contributed by atoms with Gasteiger partial charge in [0.15, 0.2) is 5.78 Å². The minimum atomic E-state index is 0.00948. The summed E-state index contributed by atoms with van der Waals surface area (Å²) in [6.07, 6.45) is 1.38. The van der Waals surface area contributed by atoms with E-state index in [0.29, 0.717) is 5.56 Å². The van der Waals surface area contributed by atoms with E-state index in [0.717, 1.165) is 10.9 Å². The summed E-state index contributed by atoms with van der Waals surface area (Å²) in [4.78, 5) is 15.1. The Morgan fingerprint density at radius 2 is 2.14 bits per heavy atom. The maximum absolute atomic E-state index is 11.1. The number of ketones is 1. The van der Waals surface area contributed by atoms with Crippen molar-refractivity contribution in [2.24, 2.45) is 0 Å². The molecule has 0 atom stereocenters. The minimum Gasteiger partial charge on any atom is -0.506 e. The van der Waals surface area contributed by atoms with Crippen LogP contribution >= 0.6 is 0 Å². The lowest BCUT2D eigenvalue weighted by Crippen LogP contribution is -1.91. The molecule has 0 spiro atoms. The number of nitrogens with zero attached hydrogens (tertiary/aromatic N) is 1. The van der Waals surface area contributed by atoms with Crippen LogP contribution in [0.3, 0.4) is 0 Å². The van der Waals surface area contributed by atoms with E-state index in [9.17, 15) is 9.90 Å². The van der Waals surface area contributed by atoms with Crippen LogP contribution < -0.4 is 0 Å². The second kappa shape index (κ2) is 3.10. The number of benzene rings is 1. The molecule has 0 saturated carbocycles. The number of hydrogen-bond acceptors (Lipinski definition) is 3. The SMILES string of the molecule is CC(=O)c1ccc2ncc(O)cc2c1. The fraction of sp³-hybridized carbons (Fsp3) is 0.0909. The maximum Gasteiger partial charge on any atom is 0.159 e. The number of carbonyl (C=O) groups excluding carboxylic acids is 1. The molecule has 0 aliphatic carbocycles. The van der Waals surface area contributed by atoms with Crippen LogP contribution in [0.15, 0.2) is 30.5 Å². The zero-order valence-corrected chi connectivity index (χ0v) is 7.69. The topological polar surface area (TPSA) is 50.2 Å². The van der Waals surface area contributed by atoms with Crippen molar-refractivity contribution >= 4 is 16.7 Å². The van der Waals surface area contributed by atoms with E-state index in [1.807, 2.05) is 0 Å². The van der Waals surface area contributed by atoms with Crippen molar-refractivity contribution in [3.05, 3.63) is 36.0 Å². The summed E-state index contributed by atoms with van der Waals surface area (Å²) in [6, 6.07) is 6.82. The van der Waals surface area contributed by atoms with Gasteiger partial charge in [0.2, 0.25) is 0 Å². The average Bonchev–Trinajstić information content (AvgIpc) is 2.16. The molecule has 0 saturated heterocycles. The molecule has 70 valence electrons. The van der Waals surface area contributed by atoms with Crippen LogP contribution in [0, 0.1) is 0 Å². The van der Waals surface area contributed by atoms with Crippen LogP contribution in [0.2, 0.25) is 0 Å². The van der Waals surface area contributed by atoms with E-state index in [2.05, 4.69) is 4.98 Å². The Morgan fingerprint density at radius 3 is 2.86 bits per heavy atom. The molecule has 0 amide bonds. The number of Topliss-reactive ketones (excluding diaryl/α,β-unsaturated/α-hetero) is 1. The zero-order valence-electron chi connectivity index (χ0n) is 7.69. The second-order valence-electron chi connectivity index (χ2n) is 3.16. The Balaban J connectivity index is 2.69. The molecule has 3 heteroatoms. The van der Waals surface area contributed by atoms with Crippen LogP contribution in [-0.2, 0) is 0 Å². The monoisotopic (exact) mass is 187 g/mol. The van der Waals surface area contributed by atoms with E-state index in [1.165, 1.54) is 13.1 Å². The number of aromatic nitrogens is 1. The highest BCUT2D eigenvalue weighted by Crippen LogP contribution is 2.18. The van der Waals surface area contributed by atoms with Crippen molar-refractivity contribution in [2.75, 3.05) is 0 Å². The van der Waals surface area contributed by atoms with Gasteiger partial charge in [-0.05, 0) is 31.2 Å². The Bertz CT molecular complexity index is 506. The molecule has 2 aromatic rings. The van der Waals surface area contributed by atoms with Gasteiger partial charge < -0.3 is 5.11 Å². The summed E-state index contributed by atoms with van der Waals surface area (Å²) in [5, 5.41) is 9.99. The molecule has 0 bridgehead atoms. The van der Waals surface area contributed by atoms with Crippen molar-refractivity contribution in [3.63, 3.8) is 0 Å². The first-order valence-corrected chi connectivity index (χ1v) is 4.26. The van der Waals surface area contributed by atoms with Gasteiger partial charge in [-0.25, -0.2) is 0 Å². The molecule has 2 rings (SSSR count). The van der Waals surface area contributed by atoms with Gasteiger partial charge in [0, 0.05) is 10.9 Å². The lowest BCUT2D eigenvalue weighted by atomic mass is 10.1. The normalized spacial score (nSPS) is 10.4. The van der Waals surface area contributed by atoms with Crippen LogP contribution in [0.5, 0.6) is 5.75 Å². The zero-order chi connectivity index (χ0) is 10.1. The average molecular weight is 187 g/mol. The van der Waals surface area contributed by atoms with E-state index in [1.54, 1.807) is 24.3 Å². The predicted octanol–water partition coefficient (Wildman–Crippen LogP) is 2.14. The van der Waals surface area contributed by atoms with Crippen LogP contribution in [0.25, 0.3) is 10.9 Å². The number of fused-ring (bicyclic) bond motifs is 1. The van der Waals surface area contributed by atoms with Crippen molar-refractivity contribution in [1.82, 2.24) is 4.98 Å². The van der Waals surface area contributed by atoms with Crippen molar-refractivity contribution in [3.8, 4) is 5.75 Å². The molecule has 1 aromatic heterocycles. The first-order valence-electron chi connectivity index (χ1n) is 4.26. The number of aromatic hydroxyl groups is 1. The van der Waals surface area contributed by atoms with E-state index < -0.39 is 0 Å². The van der Waals surface area contributed by atoms with E-state index in [-0.39, 0.29) is 11.5 Å². The molecular formula is C11H9NO2. The van der Waals surface area contributed by atoms with E-state index >= 15 is 0 Å². The van der Waals surface area contributed by atoms with Crippen molar-refractivity contribution in [1.29, 1.82) is 0 Å². The first kappa shape index (κ1) is 8.69. The molecule has 1 heterocycles. The summed E-state index contributed by atoms with van der Waals surface area (Å²) in [7, 11) is 0. The van der Waals surface area contributed by atoms with E-state index in [4.69, 9.17) is 0 Å². The third kappa shape index (κ3) is 1.44. The lowest BCUT2D eigenvalue weighted by molar-refractivity contribution is 0.101. The second-order valence-corrected chi connectivity index (χ2v) is 3.16. The lowest BCUT2D eigenvalue weighted by Gasteiger charge is -2.00. The van der Waals surface area contributed by atoms with Crippen LogP contribution in [-0.4, -0.2) is 15.9 Å². The quantitative estimate of drug-likeness (QED) is 0.696. The number of carbonyl (C=O) groups is 1. The van der Waals surface area contributed by atoms with Gasteiger partial charge in [-0.3, -0.25) is 9.78 Å². The predicted molar refractivity (Wildman–Crippen MR) is 53.4 cm³/mol. The van der Waals surface area contributed by atoms with Gasteiger partial charge in [0.05, 0.1) is 11.7 Å². The molecule has 0 unspecified atom stereocenters. The molecule has 0 radical (unpaired) electrons. The maximum atomic E-state index is 11.1. The number of pyridine rings is 1. The van der Waals surface area contributed by atoms with Crippen LogP contribution in [0.1, 0.15) is 17.3 Å². The van der Waals surface area contributed by atoms with Crippen molar-refractivity contribution in [2.45, 2.75) is 6.92 Å². The minimum absolute atomic E-state index is 0.00948. The van der Waals surface area contributed by atoms with Gasteiger partial charge in [0.1, 0.15) is 5.75 Å². The third-order valence-corrected chi connectivity index (χ3v) is 2.07. The van der Waals surface area contributed by atoms with Gasteiger partial charge in [-0.2, -0.15) is 0 Å². The molecular weight excluding hydrogens is 178 g/mol. The summed E-state index contributed by atoms with van der Waals surface area (Å²) in [5.41, 5.74) is 1.40. The largest absolute Gasteiger partial charge is 0.506 e. The molecule has 1 aromatic carbocycles. The highest BCUT2D eigenvalue weighted by atomic mass is 16.3. The molecule has 0 fully saturated rings. The summed E-state index contributed by atoms with van der Waals surface area (Å²) >= 11 is 0. The number of rotatable bonds is 1. The van der Waals surface area contributed by atoms with Gasteiger partial charge >= 0.3 is 0 Å². The highest BCUT2D eigenvalue weighted by molar-refractivity contribution is 5.97. The van der Waals surface area contributed by atoms with Gasteiger partial charge in [-0.15, -0.1) is 0 Å².